The first-order chi connectivity index (χ1) is 16.0. The number of amides is 2. The van der Waals surface area contributed by atoms with Crippen LogP contribution in [-0.4, -0.2) is 84.5 Å². The second-order valence-electron chi connectivity index (χ2n) is 9.36. The zero-order valence-corrected chi connectivity index (χ0v) is 21.7. The number of carbonyl (C=O) groups excluding carboxylic acids is 1. The highest BCUT2D eigenvalue weighted by molar-refractivity contribution is 5.85. The number of rotatable bonds is 6. The van der Waals surface area contributed by atoms with Gasteiger partial charge in [-0.15, -0.1) is 24.8 Å². The van der Waals surface area contributed by atoms with Crippen molar-refractivity contribution in [2.24, 2.45) is 0 Å². The third-order valence-electron chi connectivity index (χ3n) is 7.61. The van der Waals surface area contributed by atoms with E-state index in [1.165, 1.54) is 18.2 Å². The zero-order chi connectivity index (χ0) is 22.9. The quantitative estimate of drug-likeness (QED) is 0.543. The number of benzene rings is 2. The minimum Gasteiger partial charge on any atom is -0.323 e. The van der Waals surface area contributed by atoms with E-state index in [1.54, 1.807) is 6.07 Å². The number of likely N-dealkylation sites (N-methyl/N-ethyl adjacent to an activating group) is 1. The van der Waals surface area contributed by atoms with Crippen LogP contribution in [0, 0.1) is 11.6 Å². The van der Waals surface area contributed by atoms with Crippen molar-refractivity contribution < 1.29 is 13.6 Å². The Kier molecular flexibility index (Phi) is 9.38. The van der Waals surface area contributed by atoms with Crippen LogP contribution in [0.4, 0.5) is 13.6 Å². The van der Waals surface area contributed by atoms with Crippen molar-refractivity contribution in [3.05, 3.63) is 70.8 Å². The van der Waals surface area contributed by atoms with Crippen LogP contribution in [0.2, 0.25) is 0 Å². The van der Waals surface area contributed by atoms with Gasteiger partial charge in [0.15, 0.2) is 0 Å². The fourth-order valence-corrected chi connectivity index (χ4v) is 5.68. The summed E-state index contributed by atoms with van der Waals surface area (Å²) in [7, 11) is 0. The smallest absolute Gasteiger partial charge is 0.320 e. The van der Waals surface area contributed by atoms with Crippen molar-refractivity contribution >= 4 is 30.8 Å². The molecule has 2 saturated heterocycles. The summed E-state index contributed by atoms with van der Waals surface area (Å²) in [5, 5.41) is 0. The highest BCUT2D eigenvalue weighted by atomic mass is 35.5. The fourth-order valence-electron chi connectivity index (χ4n) is 5.68. The molecule has 0 spiro atoms. The predicted octanol–water partition coefficient (Wildman–Crippen LogP) is 4.76. The number of urea groups is 1. The van der Waals surface area contributed by atoms with Crippen molar-refractivity contribution in [1.29, 1.82) is 0 Å². The maximum Gasteiger partial charge on any atom is 0.320 e. The number of hydrogen-bond donors (Lipinski definition) is 0. The molecule has 5 nitrogen and oxygen atoms in total. The lowest BCUT2D eigenvalue weighted by Crippen LogP contribution is -2.49. The van der Waals surface area contributed by atoms with E-state index in [-0.39, 0.29) is 54.4 Å². The first-order valence-corrected chi connectivity index (χ1v) is 12.1. The van der Waals surface area contributed by atoms with E-state index in [4.69, 9.17) is 0 Å². The summed E-state index contributed by atoms with van der Waals surface area (Å²) in [6, 6.07) is 12.2. The number of halogens is 4. The Labute approximate surface area is 218 Å². The summed E-state index contributed by atoms with van der Waals surface area (Å²) < 4.78 is 27.6. The number of piperazine rings is 1. The Balaban J connectivity index is 0.00000171. The van der Waals surface area contributed by atoms with Crippen LogP contribution in [0.5, 0.6) is 0 Å². The largest absolute Gasteiger partial charge is 0.323 e. The van der Waals surface area contributed by atoms with Crippen molar-refractivity contribution in [3.63, 3.8) is 0 Å². The van der Waals surface area contributed by atoms with Gasteiger partial charge in [0, 0.05) is 70.9 Å². The van der Waals surface area contributed by atoms with Crippen molar-refractivity contribution in [3.8, 4) is 0 Å². The van der Waals surface area contributed by atoms with Gasteiger partial charge in [0.1, 0.15) is 11.6 Å². The van der Waals surface area contributed by atoms with Crippen LogP contribution in [0.15, 0.2) is 42.5 Å². The number of hydrogen-bond acceptors (Lipinski definition) is 3. The lowest BCUT2D eigenvalue weighted by Gasteiger charge is -2.39. The molecule has 2 fully saturated rings. The van der Waals surface area contributed by atoms with E-state index >= 15 is 0 Å². The van der Waals surface area contributed by atoms with E-state index in [9.17, 15) is 13.6 Å². The third kappa shape index (κ3) is 5.74. The maximum absolute atomic E-state index is 14.2. The molecule has 2 aromatic rings. The van der Waals surface area contributed by atoms with Crippen LogP contribution in [0.1, 0.15) is 42.0 Å². The van der Waals surface area contributed by atoms with Gasteiger partial charge in [-0.2, -0.15) is 0 Å². The lowest BCUT2D eigenvalue weighted by molar-refractivity contribution is 0.0900. The predicted molar refractivity (Wildman–Crippen MR) is 139 cm³/mol. The van der Waals surface area contributed by atoms with Crippen LogP contribution >= 0.6 is 24.8 Å². The summed E-state index contributed by atoms with van der Waals surface area (Å²) in [5.74, 6) is -0.276. The molecule has 2 aliphatic heterocycles. The van der Waals surface area contributed by atoms with Crippen LogP contribution in [0.3, 0.4) is 0 Å². The average Bonchev–Trinajstić information content (AvgIpc) is 3.38. The molecule has 0 N–H and O–H groups in total. The van der Waals surface area contributed by atoms with Gasteiger partial charge in [0.25, 0.3) is 0 Å². The molecule has 1 aliphatic carbocycles. The Morgan fingerprint density at radius 2 is 1.46 bits per heavy atom. The molecule has 5 rings (SSSR count). The molecular weight excluding hydrogens is 493 g/mol. The molecule has 2 atom stereocenters. The van der Waals surface area contributed by atoms with Gasteiger partial charge in [-0.1, -0.05) is 18.2 Å². The normalized spacial score (nSPS) is 22.7. The molecule has 192 valence electrons. The van der Waals surface area contributed by atoms with Gasteiger partial charge < -0.3 is 9.80 Å². The summed E-state index contributed by atoms with van der Waals surface area (Å²) >= 11 is 0. The summed E-state index contributed by atoms with van der Waals surface area (Å²) in [6.45, 7) is 9.86. The highest BCUT2D eigenvalue weighted by Gasteiger charge is 2.37. The number of carbonyl (C=O) groups is 1. The minimum absolute atomic E-state index is 0. The number of nitrogens with zero attached hydrogens (tertiary/aromatic N) is 4. The highest BCUT2D eigenvalue weighted by Crippen LogP contribution is 2.47. The lowest BCUT2D eigenvalue weighted by atomic mass is 9.93. The van der Waals surface area contributed by atoms with Gasteiger partial charge in [-0.05, 0) is 54.3 Å². The van der Waals surface area contributed by atoms with E-state index < -0.39 is 0 Å². The monoisotopic (exact) mass is 526 g/mol. The standard InChI is InChI=1S/C26H32F2N4O.2ClH/c1-2-30-15-16-32(26(30)33)14-11-29-9-12-31(13-10-29)25-18-23(19-3-5-20(27)6-4-19)22-8-7-21(28)17-24(22)25;;/h3-8,17,23,25H,2,9-16,18H2,1H3;2*1H. The second kappa shape index (κ2) is 11.9. The molecule has 0 radical (unpaired) electrons. The van der Waals surface area contributed by atoms with Gasteiger partial charge in [-0.25, -0.2) is 13.6 Å². The molecular formula is C26H34Cl2F2N4O. The van der Waals surface area contributed by atoms with Gasteiger partial charge in [-0.3, -0.25) is 9.80 Å². The van der Waals surface area contributed by atoms with E-state index in [1.807, 2.05) is 34.9 Å². The van der Waals surface area contributed by atoms with E-state index in [0.29, 0.717) is 0 Å². The minimum atomic E-state index is -0.234. The van der Waals surface area contributed by atoms with Gasteiger partial charge in [0.2, 0.25) is 0 Å². The molecule has 2 unspecified atom stereocenters. The third-order valence-corrected chi connectivity index (χ3v) is 7.61. The second-order valence-corrected chi connectivity index (χ2v) is 9.36. The van der Waals surface area contributed by atoms with Crippen LogP contribution < -0.4 is 0 Å². The molecule has 2 heterocycles. The zero-order valence-electron chi connectivity index (χ0n) is 20.0. The van der Waals surface area contributed by atoms with E-state index in [2.05, 4.69) is 9.80 Å². The number of fused-ring (bicyclic) bond motifs is 1. The molecule has 0 aromatic heterocycles. The maximum atomic E-state index is 14.2. The Bertz CT molecular complexity index is 1000. The molecule has 0 bridgehead atoms. The van der Waals surface area contributed by atoms with Crippen molar-refractivity contribution in [2.75, 3.05) is 58.9 Å². The van der Waals surface area contributed by atoms with Crippen molar-refractivity contribution in [2.45, 2.75) is 25.3 Å². The first kappa shape index (κ1) is 27.7. The molecule has 0 saturated carbocycles. The molecule has 3 aliphatic rings. The molecule has 2 aromatic carbocycles. The summed E-state index contributed by atoms with van der Waals surface area (Å²) in [5.41, 5.74) is 3.31. The summed E-state index contributed by atoms with van der Waals surface area (Å²) in [4.78, 5) is 21.1. The van der Waals surface area contributed by atoms with Crippen LogP contribution in [0.25, 0.3) is 0 Å². The Morgan fingerprint density at radius 3 is 2.11 bits per heavy atom. The fraction of sp³-hybridized carbons (Fsp3) is 0.500. The van der Waals surface area contributed by atoms with Gasteiger partial charge >= 0.3 is 6.03 Å². The average molecular weight is 527 g/mol. The SMILES string of the molecule is CCN1CCN(CCN2CCN(C3CC(c4ccc(F)cc4)c4ccc(F)cc43)CC2)C1=O.Cl.Cl. The molecule has 2 amide bonds. The molecule has 9 heteroatoms. The van der Waals surface area contributed by atoms with Crippen LogP contribution in [-0.2, 0) is 0 Å². The molecule has 35 heavy (non-hydrogen) atoms. The Hall–Kier alpha value is -1.93. The Morgan fingerprint density at radius 1 is 0.800 bits per heavy atom. The summed E-state index contributed by atoms with van der Waals surface area (Å²) in [6.07, 6.45) is 0.888. The van der Waals surface area contributed by atoms with E-state index in [0.717, 1.165) is 82.0 Å². The topological polar surface area (TPSA) is 30.0 Å². The van der Waals surface area contributed by atoms with Gasteiger partial charge in [0.05, 0.1) is 0 Å². The first-order valence-electron chi connectivity index (χ1n) is 12.1. The van der Waals surface area contributed by atoms with Crippen molar-refractivity contribution in [1.82, 2.24) is 19.6 Å².